The van der Waals surface area contributed by atoms with Gasteiger partial charge in [-0.15, -0.1) is 0 Å². The van der Waals surface area contributed by atoms with Gasteiger partial charge in [-0.1, -0.05) is 35.9 Å². The van der Waals surface area contributed by atoms with Gasteiger partial charge in [0.2, 0.25) is 0 Å². The molecule has 0 aliphatic carbocycles. The van der Waals surface area contributed by atoms with Gasteiger partial charge in [0, 0.05) is 16.4 Å². The Morgan fingerprint density at radius 1 is 1.03 bits per heavy atom. The molecule has 0 saturated heterocycles. The van der Waals surface area contributed by atoms with E-state index < -0.39 is 12.1 Å². The highest BCUT2D eigenvalue weighted by atomic mass is 35.5. The van der Waals surface area contributed by atoms with Crippen molar-refractivity contribution in [1.29, 1.82) is 0 Å². The number of benzene rings is 3. The summed E-state index contributed by atoms with van der Waals surface area (Å²) in [6.07, 6.45) is -0.427. The number of halogens is 1. The summed E-state index contributed by atoms with van der Waals surface area (Å²) in [5.74, 6) is -0.131. The summed E-state index contributed by atoms with van der Waals surface area (Å²) in [6.45, 7) is -0.191. The normalized spacial score (nSPS) is 15.4. The van der Waals surface area contributed by atoms with Crippen LogP contribution in [0.3, 0.4) is 0 Å². The maximum absolute atomic E-state index is 13.3. The molecule has 1 aliphatic rings. The number of amides is 2. The van der Waals surface area contributed by atoms with E-state index in [1.807, 2.05) is 42.5 Å². The number of carbonyl (C=O) groups is 2. The molecule has 0 bridgehead atoms. The SMILES string of the molecule is NC(=O)COc1ccc(C2Nc3ccccc3C(=O)N2c2ccc(Cl)cc2)cc1. The average molecular weight is 408 g/mol. The van der Waals surface area contributed by atoms with Gasteiger partial charge in [0.25, 0.3) is 11.8 Å². The van der Waals surface area contributed by atoms with Crippen LogP contribution in [0.1, 0.15) is 22.1 Å². The zero-order valence-corrected chi connectivity index (χ0v) is 16.1. The maximum atomic E-state index is 13.3. The fourth-order valence-corrected chi connectivity index (χ4v) is 3.38. The van der Waals surface area contributed by atoms with Crippen molar-refractivity contribution in [2.24, 2.45) is 5.73 Å². The molecule has 7 heteroatoms. The number of rotatable bonds is 5. The number of hydrogen-bond donors (Lipinski definition) is 2. The Morgan fingerprint density at radius 3 is 2.41 bits per heavy atom. The van der Waals surface area contributed by atoms with E-state index in [1.165, 1.54) is 0 Å². The number of anilines is 2. The topological polar surface area (TPSA) is 84.7 Å². The van der Waals surface area contributed by atoms with Crippen LogP contribution >= 0.6 is 11.6 Å². The first-order chi connectivity index (χ1) is 14.0. The molecule has 1 heterocycles. The lowest BCUT2D eigenvalue weighted by atomic mass is 10.0. The average Bonchev–Trinajstić information content (AvgIpc) is 2.73. The van der Waals surface area contributed by atoms with Crippen LogP contribution in [-0.4, -0.2) is 18.4 Å². The third kappa shape index (κ3) is 3.88. The Bertz CT molecular complexity index is 1050. The summed E-state index contributed by atoms with van der Waals surface area (Å²) in [6, 6.07) is 21.7. The van der Waals surface area contributed by atoms with Gasteiger partial charge in [0.15, 0.2) is 6.61 Å². The van der Waals surface area contributed by atoms with Crippen LogP contribution in [0.4, 0.5) is 11.4 Å². The Kier molecular flexibility index (Phi) is 5.10. The molecule has 0 aromatic heterocycles. The summed E-state index contributed by atoms with van der Waals surface area (Å²) in [4.78, 5) is 25.9. The number of ether oxygens (including phenoxy) is 1. The van der Waals surface area contributed by atoms with Crippen LogP contribution in [0.25, 0.3) is 0 Å². The van der Waals surface area contributed by atoms with Crippen molar-refractivity contribution in [2.45, 2.75) is 6.17 Å². The minimum Gasteiger partial charge on any atom is -0.484 e. The quantitative estimate of drug-likeness (QED) is 0.670. The molecule has 6 nitrogen and oxygen atoms in total. The van der Waals surface area contributed by atoms with E-state index in [9.17, 15) is 9.59 Å². The number of nitrogens with one attached hydrogen (secondary N) is 1. The van der Waals surface area contributed by atoms with Crippen LogP contribution in [0.2, 0.25) is 5.02 Å². The molecule has 146 valence electrons. The molecular weight excluding hydrogens is 390 g/mol. The van der Waals surface area contributed by atoms with Crippen LogP contribution in [-0.2, 0) is 4.79 Å². The summed E-state index contributed by atoms with van der Waals surface area (Å²) < 4.78 is 5.32. The third-order valence-corrected chi connectivity index (χ3v) is 4.86. The molecule has 3 N–H and O–H groups in total. The van der Waals surface area contributed by atoms with Crippen LogP contribution in [0.15, 0.2) is 72.8 Å². The van der Waals surface area contributed by atoms with Crippen LogP contribution < -0.4 is 20.7 Å². The van der Waals surface area contributed by atoms with Gasteiger partial charge in [-0.25, -0.2) is 0 Å². The number of para-hydroxylation sites is 1. The smallest absolute Gasteiger partial charge is 0.262 e. The minimum absolute atomic E-state index is 0.110. The Hall–Kier alpha value is -3.51. The number of hydrogen-bond acceptors (Lipinski definition) is 4. The highest BCUT2D eigenvalue weighted by molar-refractivity contribution is 6.30. The second kappa shape index (κ2) is 7.85. The van der Waals surface area contributed by atoms with Gasteiger partial charge >= 0.3 is 0 Å². The number of carbonyl (C=O) groups excluding carboxylic acids is 2. The van der Waals surface area contributed by atoms with Crippen molar-refractivity contribution in [3.8, 4) is 5.75 Å². The zero-order valence-electron chi connectivity index (χ0n) is 15.3. The predicted molar refractivity (Wildman–Crippen MR) is 112 cm³/mol. The lowest BCUT2D eigenvalue weighted by molar-refractivity contribution is -0.119. The first-order valence-electron chi connectivity index (χ1n) is 8.99. The number of fused-ring (bicyclic) bond motifs is 1. The Labute approximate surface area is 172 Å². The molecule has 3 aromatic carbocycles. The molecule has 2 amide bonds. The molecule has 1 unspecified atom stereocenters. The molecule has 29 heavy (non-hydrogen) atoms. The first-order valence-corrected chi connectivity index (χ1v) is 9.36. The van der Waals surface area contributed by atoms with Crippen molar-refractivity contribution in [2.75, 3.05) is 16.8 Å². The maximum Gasteiger partial charge on any atom is 0.262 e. The molecular formula is C22H18ClN3O3. The van der Waals surface area contributed by atoms with Gasteiger partial charge in [-0.3, -0.25) is 14.5 Å². The second-order valence-electron chi connectivity index (χ2n) is 6.57. The molecule has 4 rings (SSSR count). The number of nitrogens with two attached hydrogens (primary N) is 1. The van der Waals surface area contributed by atoms with Crippen LogP contribution in [0.5, 0.6) is 5.75 Å². The summed E-state index contributed by atoms with van der Waals surface area (Å²) in [7, 11) is 0. The summed E-state index contributed by atoms with van der Waals surface area (Å²) in [5, 5.41) is 4.03. The summed E-state index contributed by atoms with van der Waals surface area (Å²) >= 11 is 6.02. The number of primary amides is 1. The van der Waals surface area contributed by atoms with Gasteiger partial charge in [-0.05, 0) is 54.1 Å². The van der Waals surface area contributed by atoms with Gasteiger partial charge in [0.05, 0.1) is 5.56 Å². The van der Waals surface area contributed by atoms with E-state index in [4.69, 9.17) is 22.1 Å². The fraction of sp³-hybridized carbons (Fsp3) is 0.0909. The molecule has 0 fully saturated rings. The molecule has 1 aliphatic heterocycles. The second-order valence-corrected chi connectivity index (χ2v) is 7.00. The lowest BCUT2D eigenvalue weighted by Gasteiger charge is -2.38. The molecule has 1 atom stereocenters. The van der Waals surface area contributed by atoms with E-state index in [0.717, 1.165) is 16.9 Å². The van der Waals surface area contributed by atoms with Crippen molar-refractivity contribution in [1.82, 2.24) is 0 Å². The van der Waals surface area contributed by atoms with Crippen molar-refractivity contribution < 1.29 is 14.3 Å². The lowest BCUT2D eigenvalue weighted by Crippen LogP contribution is -2.43. The Morgan fingerprint density at radius 2 is 1.72 bits per heavy atom. The summed E-state index contributed by atoms with van der Waals surface area (Å²) in [5.41, 5.74) is 8.05. The third-order valence-electron chi connectivity index (χ3n) is 4.61. The largest absolute Gasteiger partial charge is 0.484 e. The van der Waals surface area contributed by atoms with E-state index in [1.54, 1.807) is 35.2 Å². The van der Waals surface area contributed by atoms with Crippen molar-refractivity contribution in [3.63, 3.8) is 0 Å². The van der Waals surface area contributed by atoms with E-state index in [2.05, 4.69) is 5.32 Å². The van der Waals surface area contributed by atoms with Crippen molar-refractivity contribution in [3.05, 3.63) is 88.9 Å². The van der Waals surface area contributed by atoms with E-state index in [0.29, 0.717) is 16.3 Å². The molecule has 3 aromatic rings. The number of nitrogens with zero attached hydrogens (tertiary/aromatic N) is 1. The molecule has 0 spiro atoms. The monoisotopic (exact) mass is 407 g/mol. The van der Waals surface area contributed by atoms with E-state index in [-0.39, 0.29) is 12.5 Å². The van der Waals surface area contributed by atoms with Gasteiger partial charge < -0.3 is 15.8 Å². The Balaban J connectivity index is 1.71. The first kappa shape index (κ1) is 18.8. The van der Waals surface area contributed by atoms with Crippen molar-refractivity contribution >= 4 is 34.8 Å². The van der Waals surface area contributed by atoms with Gasteiger partial charge in [-0.2, -0.15) is 0 Å². The predicted octanol–water partition coefficient (Wildman–Crippen LogP) is 3.98. The van der Waals surface area contributed by atoms with Crippen LogP contribution in [0, 0.1) is 0 Å². The highest BCUT2D eigenvalue weighted by Gasteiger charge is 2.33. The zero-order chi connectivity index (χ0) is 20.4. The van der Waals surface area contributed by atoms with Gasteiger partial charge in [0.1, 0.15) is 11.9 Å². The molecule has 0 radical (unpaired) electrons. The minimum atomic E-state index is -0.542. The molecule has 0 saturated carbocycles. The fourth-order valence-electron chi connectivity index (χ4n) is 3.26. The van der Waals surface area contributed by atoms with E-state index >= 15 is 0 Å². The standard InChI is InChI=1S/C22H18ClN3O3/c23-15-7-9-16(10-8-15)26-21(25-19-4-2-1-3-18(19)22(26)28)14-5-11-17(12-6-14)29-13-20(24)27/h1-12,21,25H,13H2,(H2,24,27). The highest BCUT2D eigenvalue weighted by Crippen LogP contribution is 2.37.